The summed E-state index contributed by atoms with van der Waals surface area (Å²) in [6.07, 6.45) is 1.46. The predicted molar refractivity (Wildman–Crippen MR) is 61.9 cm³/mol. The van der Waals surface area contributed by atoms with Gasteiger partial charge in [0, 0.05) is 11.7 Å². The van der Waals surface area contributed by atoms with Crippen molar-refractivity contribution in [3.8, 4) is 0 Å². The zero-order valence-electron chi connectivity index (χ0n) is 10.4. The van der Waals surface area contributed by atoms with Crippen LogP contribution in [0.25, 0.3) is 0 Å². The highest BCUT2D eigenvalue weighted by Crippen LogP contribution is 2.12. The molecule has 1 aromatic heterocycles. The Morgan fingerprint density at radius 2 is 2.00 bits per heavy atom. The van der Waals surface area contributed by atoms with Gasteiger partial charge >= 0.3 is 5.97 Å². The minimum absolute atomic E-state index is 0.161. The molecule has 6 heteroatoms. The van der Waals surface area contributed by atoms with Gasteiger partial charge in [0.2, 0.25) is 0 Å². The molecule has 1 heterocycles. The molecule has 0 saturated heterocycles. The topological polar surface area (TPSA) is 84.2 Å². The van der Waals surface area contributed by atoms with Gasteiger partial charge in [-0.1, -0.05) is 0 Å². The fourth-order valence-corrected chi connectivity index (χ4v) is 1.50. The fourth-order valence-electron chi connectivity index (χ4n) is 1.50. The quantitative estimate of drug-likeness (QED) is 0.820. The monoisotopic (exact) mass is 239 g/mol. The molecule has 0 aliphatic rings. The first-order valence-electron chi connectivity index (χ1n) is 5.42. The Morgan fingerprint density at radius 3 is 2.41 bits per heavy atom. The van der Waals surface area contributed by atoms with Gasteiger partial charge in [-0.25, -0.2) is 0 Å². The number of carbonyl (C=O) groups excluding carboxylic acids is 1. The van der Waals surface area contributed by atoms with Crippen molar-refractivity contribution in [2.75, 3.05) is 0 Å². The molecular weight excluding hydrogens is 222 g/mol. The van der Waals surface area contributed by atoms with Gasteiger partial charge in [-0.3, -0.25) is 14.3 Å². The van der Waals surface area contributed by atoms with Crippen LogP contribution in [0.1, 0.15) is 42.9 Å². The number of hydrogen-bond donors (Lipinski definition) is 2. The molecule has 1 aromatic rings. The van der Waals surface area contributed by atoms with E-state index in [2.05, 4.69) is 10.4 Å². The van der Waals surface area contributed by atoms with Crippen LogP contribution in [0.4, 0.5) is 0 Å². The van der Waals surface area contributed by atoms with Gasteiger partial charge in [0.05, 0.1) is 11.8 Å². The number of carbonyl (C=O) groups is 2. The van der Waals surface area contributed by atoms with Crippen molar-refractivity contribution in [1.82, 2.24) is 15.1 Å². The summed E-state index contributed by atoms with van der Waals surface area (Å²) < 4.78 is 1.72. The standard InChI is InChI=1S/C11H17N3O3/c1-6(2)14-8(4)9(5-12-14)10(15)13-7(3)11(16)17/h5-7H,1-4H3,(H,13,15)(H,16,17). The minimum Gasteiger partial charge on any atom is -0.480 e. The summed E-state index contributed by atoms with van der Waals surface area (Å²) in [7, 11) is 0. The molecule has 0 aliphatic carbocycles. The molecule has 2 N–H and O–H groups in total. The maximum Gasteiger partial charge on any atom is 0.325 e. The highest BCUT2D eigenvalue weighted by Gasteiger charge is 2.19. The Morgan fingerprint density at radius 1 is 1.41 bits per heavy atom. The predicted octanol–water partition coefficient (Wildman–Crippen LogP) is 0.975. The first kappa shape index (κ1) is 13.2. The fraction of sp³-hybridized carbons (Fsp3) is 0.545. The molecular formula is C11H17N3O3. The number of nitrogens with zero attached hydrogens (tertiary/aromatic N) is 2. The number of rotatable bonds is 4. The van der Waals surface area contributed by atoms with Crippen LogP contribution in [0, 0.1) is 6.92 Å². The Labute approximate surface area is 99.6 Å². The molecule has 1 amide bonds. The van der Waals surface area contributed by atoms with Crippen LogP contribution in [0.5, 0.6) is 0 Å². The lowest BCUT2D eigenvalue weighted by molar-refractivity contribution is -0.138. The molecule has 1 unspecified atom stereocenters. The van der Waals surface area contributed by atoms with Crippen molar-refractivity contribution in [3.63, 3.8) is 0 Å². The van der Waals surface area contributed by atoms with E-state index in [0.717, 1.165) is 5.69 Å². The van der Waals surface area contributed by atoms with E-state index in [9.17, 15) is 9.59 Å². The summed E-state index contributed by atoms with van der Waals surface area (Å²) >= 11 is 0. The normalized spacial score (nSPS) is 12.5. The summed E-state index contributed by atoms with van der Waals surface area (Å²) in [5.41, 5.74) is 1.14. The molecule has 6 nitrogen and oxygen atoms in total. The average molecular weight is 239 g/mol. The van der Waals surface area contributed by atoms with Crippen LogP contribution in [0.15, 0.2) is 6.20 Å². The van der Waals surface area contributed by atoms with Gasteiger partial charge in [-0.05, 0) is 27.7 Å². The zero-order chi connectivity index (χ0) is 13.2. The lowest BCUT2D eigenvalue weighted by atomic mass is 10.2. The second kappa shape index (κ2) is 4.99. The van der Waals surface area contributed by atoms with Gasteiger partial charge in [-0.2, -0.15) is 5.10 Å². The third-order valence-corrected chi connectivity index (χ3v) is 2.50. The van der Waals surface area contributed by atoms with Crippen molar-refractivity contribution < 1.29 is 14.7 Å². The summed E-state index contributed by atoms with van der Waals surface area (Å²) in [5, 5.41) is 15.2. The van der Waals surface area contributed by atoms with Crippen molar-refractivity contribution in [2.45, 2.75) is 39.8 Å². The maximum absolute atomic E-state index is 11.8. The molecule has 0 aromatic carbocycles. The van der Waals surface area contributed by atoms with E-state index in [1.54, 1.807) is 11.6 Å². The number of aromatic nitrogens is 2. The molecule has 1 atom stereocenters. The van der Waals surface area contributed by atoms with Crippen molar-refractivity contribution in [3.05, 3.63) is 17.5 Å². The molecule has 0 bridgehead atoms. The van der Waals surface area contributed by atoms with E-state index in [1.807, 2.05) is 13.8 Å². The Kier molecular flexibility index (Phi) is 3.88. The van der Waals surface area contributed by atoms with Gasteiger partial charge in [0.15, 0.2) is 0 Å². The van der Waals surface area contributed by atoms with Crippen molar-refractivity contribution in [1.29, 1.82) is 0 Å². The first-order chi connectivity index (χ1) is 7.84. The molecule has 0 saturated carbocycles. The van der Waals surface area contributed by atoms with Gasteiger partial charge in [-0.15, -0.1) is 0 Å². The summed E-state index contributed by atoms with van der Waals surface area (Å²) in [6, 6.07) is -0.752. The van der Waals surface area contributed by atoms with Crippen molar-refractivity contribution in [2.24, 2.45) is 0 Å². The van der Waals surface area contributed by atoms with Crippen LogP contribution in [-0.2, 0) is 4.79 Å². The molecule has 0 spiro atoms. The van der Waals surface area contributed by atoms with Gasteiger partial charge in [0.1, 0.15) is 6.04 Å². The molecule has 17 heavy (non-hydrogen) atoms. The van der Waals surface area contributed by atoms with Gasteiger partial charge < -0.3 is 10.4 Å². The van der Waals surface area contributed by atoms with Crippen LogP contribution in [0.2, 0.25) is 0 Å². The zero-order valence-corrected chi connectivity index (χ0v) is 10.4. The van der Waals surface area contributed by atoms with Crippen LogP contribution >= 0.6 is 0 Å². The SMILES string of the molecule is Cc1c(C(=O)NC(C)C(=O)O)cnn1C(C)C. The minimum atomic E-state index is -1.06. The first-order valence-corrected chi connectivity index (χ1v) is 5.42. The molecule has 0 fully saturated rings. The van der Waals surface area contributed by atoms with Crippen molar-refractivity contribution >= 4 is 11.9 Å². The highest BCUT2D eigenvalue weighted by molar-refractivity contribution is 5.97. The average Bonchev–Trinajstić information content (AvgIpc) is 2.59. The summed E-state index contributed by atoms with van der Waals surface area (Å²) in [4.78, 5) is 22.4. The molecule has 1 rings (SSSR count). The number of aliphatic carboxylic acids is 1. The number of amides is 1. The van der Waals surface area contributed by atoms with Crippen LogP contribution < -0.4 is 5.32 Å². The number of carboxylic acid groups (broad SMARTS) is 1. The largest absolute Gasteiger partial charge is 0.480 e. The molecule has 94 valence electrons. The van der Waals surface area contributed by atoms with E-state index >= 15 is 0 Å². The van der Waals surface area contributed by atoms with Crippen LogP contribution in [-0.4, -0.2) is 32.8 Å². The van der Waals surface area contributed by atoms with E-state index in [1.165, 1.54) is 13.1 Å². The third-order valence-electron chi connectivity index (χ3n) is 2.50. The number of nitrogens with one attached hydrogen (secondary N) is 1. The van der Waals surface area contributed by atoms with E-state index in [-0.39, 0.29) is 6.04 Å². The Bertz CT molecular complexity index is 437. The summed E-state index contributed by atoms with van der Waals surface area (Å²) in [6.45, 7) is 7.12. The Balaban J connectivity index is 2.87. The number of carboxylic acids is 1. The second-order valence-electron chi connectivity index (χ2n) is 4.22. The van der Waals surface area contributed by atoms with Gasteiger partial charge in [0.25, 0.3) is 5.91 Å². The van der Waals surface area contributed by atoms with E-state index < -0.39 is 17.9 Å². The summed E-state index contributed by atoms with van der Waals surface area (Å²) in [5.74, 6) is -1.48. The van der Waals surface area contributed by atoms with E-state index in [0.29, 0.717) is 5.56 Å². The van der Waals surface area contributed by atoms with Crippen LogP contribution in [0.3, 0.4) is 0 Å². The second-order valence-corrected chi connectivity index (χ2v) is 4.22. The maximum atomic E-state index is 11.8. The smallest absolute Gasteiger partial charge is 0.325 e. The third kappa shape index (κ3) is 2.83. The molecule has 0 aliphatic heterocycles. The molecule has 0 radical (unpaired) electrons. The lowest BCUT2D eigenvalue weighted by Gasteiger charge is -2.10. The van der Waals surface area contributed by atoms with E-state index in [4.69, 9.17) is 5.11 Å². The number of hydrogen-bond acceptors (Lipinski definition) is 3. The lowest BCUT2D eigenvalue weighted by Crippen LogP contribution is -2.38. The highest BCUT2D eigenvalue weighted by atomic mass is 16.4. The Hall–Kier alpha value is -1.85.